The summed E-state index contributed by atoms with van der Waals surface area (Å²) in [5.74, 6) is 1.92. The van der Waals surface area contributed by atoms with Crippen molar-refractivity contribution in [3.05, 3.63) is 0 Å². The summed E-state index contributed by atoms with van der Waals surface area (Å²) in [6.07, 6.45) is 6.39. The molecule has 0 aromatic carbocycles. The van der Waals surface area contributed by atoms with Gasteiger partial charge in [-0.15, -0.1) is 0 Å². The summed E-state index contributed by atoms with van der Waals surface area (Å²) < 4.78 is 0. The van der Waals surface area contributed by atoms with E-state index in [1.807, 2.05) is 7.05 Å². The average Bonchev–Trinajstić information content (AvgIpc) is 2.42. The van der Waals surface area contributed by atoms with Crippen molar-refractivity contribution in [2.75, 3.05) is 26.7 Å². The van der Waals surface area contributed by atoms with Crippen molar-refractivity contribution in [3.8, 4) is 0 Å². The highest BCUT2D eigenvalue weighted by molar-refractivity contribution is 5.80. The molecule has 1 saturated heterocycles. The van der Waals surface area contributed by atoms with Crippen LogP contribution in [0.15, 0.2) is 4.99 Å². The number of guanidine groups is 1. The highest BCUT2D eigenvalue weighted by Crippen LogP contribution is 2.19. The number of carbonyl (C=O) groups excluding carboxylic acids is 1. The standard InChI is InChI=1S/C16H32N4O/c1-13(2)7-4-5-9-19-16(18-3)20-10-6-8-14(12-20)11-15(17)21/h13-14H,4-12H2,1-3H3,(H2,17,21)(H,18,19). The number of nitrogens with zero attached hydrogens (tertiary/aromatic N) is 2. The molecule has 1 heterocycles. The lowest BCUT2D eigenvalue weighted by Crippen LogP contribution is -2.47. The zero-order chi connectivity index (χ0) is 15.7. The van der Waals surface area contributed by atoms with Crippen LogP contribution in [0, 0.1) is 11.8 Å². The first-order valence-corrected chi connectivity index (χ1v) is 8.26. The van der Waals surface area contributed by atoms with Crippen LogP contribution < -0.4 is 11.1 Å². The lowest BCUT2D eigenvalue weighted by Gasteiger charge is -2.34. The summed E-state index contributed by atoms with van der Waals surface area (Å²) >= 11 is 0. The fraction of sp³-hybridized carbons (Fsp3) is 0.875. The van der Waals surface area contributed by atoms with E-state index >= 15 is 0 Å². The third kappa shape index (κ3) is 7.34. The zero-order valence-corrected chi connectivity index (χ0v) is 13.9. The second kappa shape index (κ2) is 9.64. The van der Waals surface area contributed by atoms with E-state index in [2.05, 4.69) is 29.1 Å². The summed E-state index contributed by atoms with van der Waals surface area (Å²) in [5, 5.41) is 3.45. The molecule has 122 valence electrons. The fourth-order valence-electron chi connectivity index (χ4n) is 2.92. The number of hydrogen-bond acceptors (Lipinski definition) is 2. The first kappa shape index (κ1) is 17.8. The lowest BCUT2D eigenvalue weighted by atomic mass is 9.95. The number of amides is 1. The van der Waals surface area contributed by atoms with Crippen LogP contribution >= 0.6 is 0 Å². The maximum Gasteiger partial charge on any atom is 0.217 e. The Labute approximate surface area is 129 Å². The van der Waals surface area contributed by atoms with Crippen molar-refractivity contribution in [1.29, 1.82) is 0 Å². The minimum atomic E-state index is -0.196. The summed E-state index contributed by atoms with van der Waals surface area (Å²) in [4.78, 5) is 17.7. The molecule has 1 aliphatic rings. The lowest BCUT2D eigenvalue weighted by molar-refractivity contribution is -0.119. The van der Waals surface area contributed by atoms with Crippen LogP contribution in [-0.2, 0) is 4.79 Å². The van der Waals surface area contributed by atoms with E-state index < -0.39 is 0 Å². The summed E-state index contributed by atoms with van der Waals surface area (Å²) in [7, 11) is 1.83. The molecule has 0 aromatic heterocycles. The Balaban J connectivity index is 2.32. The Kier molecular flexibility index (Phi) is 8.16. The Bertz CT molecular complexity index is 341. The predicted molar refractivity (Wildman–Crippen MR) is 88.2 cm³/mol. The number of unbranched alkanes of at least 4 members (excludes halogenated alkanes) is 1. The molecule has 3 N–H and O–H groups in total. The van der Waals surface area contributed by atoms with Crippen LogP contribution in [0.4, 0.5) is 0 Å². The summed E-state index contributed by atoms with van der Waals surface area (Å²) in [5.41, 5.74) is 5.31. The molecule has 0 saturated carbocycles. The molecule has 0 aliphatic carbocycles. The van der Waals surface area contributed by atoms with Crippen molar-refractivity contribution in [1.82, 2.24) is 10.2 Å². The second-order valence-corrected chi connectivity index (χ2v) is 6.49. The first-order valence-electron chi connectivity index (χ1n) is 8.26. The van der Waals surface area contributed by atoms with Gasteiger partial charge in [-0.1, -0.05) is 26.7 Å². The van der Waals surface area contributed by atoms with Crippen molar-refractivity contribution < 1.29 is 4.79 Å². The third-order valence-electron chi connectivity index (χ3n) is 4.01. The number of hydrogen-bond donors (Lipinski definition) is 2. The molecule has 1 unspecified atom stereocenters. The molecule has 0 aromatic rings. The zero-order valence-electron chi connectivity index (χ0n) is 13.9. The second-order valence-electron chi connectivity index (χ2n) is 6.49. The van der Waals surface area contributed by atoms with Gasteiger partial charge in [0.2, 0.25) is 5.91 Å². The van der Waals surface area contributed by atoms with E-state index in [4.69, 9.17) is 5.73 Å². The fourth-order valence-corrected chi connectivity index (χ4v) is 2.92. The highest BCUT2D eigenvalue weighted by atomic mass is 16.1. The van der Waals surface area contributed by atoms with Gasteiger partial charge in [0, 0.05) is 33.1 Å². The van der Waals surface area contributed by atoms with Crippen molar-refractivity contribution in [3.63, 3.8) is 0 Å². The smallest absolute Gasteiger partial charge is 0.217 e. The van der Waals surface area contributed by atoms with E-state index in [-0.39, 0.29) is 5.91 Å². The van der Waals surface area contributed by atoms with Gasteiger partial charge in [0.15, 0.2) is 5.96 Å². The number of rotatable bonds is 7. The normalized spacial score (nSPS) is 19.9. The van der Waals surface area contributed by atoms with E-state index in [9.17, 15) is 4.79 Å². The van der Waals surface area contributed by atoms with Gasteiger partial charge in [-0.2, -0.15) is 0 Å². The van der Waals surface area contributed by atoms with Gasteiger partial charge in [-0.05, 0) is 31.1 Å². The first-order chi connectivity index (χ1) is 10.0. The largest absolute Gasteiger partial charge is 0.370 e. The Morgan fingerprint density at radius 1 is 1.43 bits per heavy atom. The maximum atomic E-state index is 11.1. The minimum absolute atomic E-state index is 0.196. The van der Waals surface area contributed by atoms with Gasteiger partial charge in [-0.25, -0.2) is 0 Å². The molecule has 1 aliphatic heterocycles. The molecule has 0 radical (unpaired) electrons. The number of primary amides is 1. The van der Waals surface area contributed by atoms with Crippen LogP contribution in [0.2, 0.25) is 0 Å². The van der Waals surface area contributed by atoms with E-state index in [0.29, 0.717) is 12.3 Å². The Morgan fingerprint density at radius 2 is 2.19 bits per heavy atom. The quantitative estimate of drug-likeness (QED) is 0.429. The average molecular weight is 296 g/mol. The van der Waals surface area contributed by atoms with Gasteiger partial charge < -0.3 is 16.0 Å². The number of nitrogens with two attached hydrogens (primary N) is 1. The molecule has 1 atom stereocenters. The van der Waals surface area contributed by atoms with Gasteiger partial charge in [0.1, 0.15) is 0 Å². The summed E-state index contributed by atoms with van der Waals surface area (Å²) in [6.45, 7) is 7.39. The van der Waals surface area contributed by atoms with E-state index in [0.717, 1.165) is 44.4 Å². The SMILES string of the molecule is CN=C(NCCCCC(C)C)N1CCCC(CC(N)=O)C1. The Hall–Kier alpha value is -1.26. The van der Waals surface area contributed by atoms with Crippen molar-refractivity contribution >= 4 is 11.9 Å². The molecule has 1 amide bonds. The van der Waals surface area contributed by atoms with Crippen molar-refractivity contribution in [2.24, 2.45) is 22.6 Å². The minimum Gasteiger partial charge on any atom is -0.370 e. The van der Waals surface area contributed by atoms with E-state index in [1.165, 1.54) is 19.3 Å². The molecule has 0 spiro atoms. The molecule has 1 rings (SSSR count). The molecule has 21 heavy (non-hydrogen) atoms. The number of carbonyl (C=O) groups is 1. The van der Waals surface area contributed by atoms with Gasteiger partial charge >= 0.3 is 0 Å². The van der Waals surface area contributed by atoms with Crippen LogP contribution in [0.3, 0.4) is 0 Å². The van der Waals surface area contributed by atoms with E-state index in [1.54, 1.807) is 0 Å². The van der Waals surface area contributed by atoms with Crippen LogP contribution in [0.25, 0.3) is 0 Å². The van der Waals surface area contributed by atoms with Gasteiger partial charge in [0.05, 0.1) is 0 Å². The van der Waals surface area contributed by atoms with Gasteiger partial charge in [0.25, 0.3) is 0 Å². The number of nitrogens with one attached hydrogen (secondary N) is 1. The number of likely N-dealkylation sites (tertiary alicyclic amines) is 1. The molecular formula is C16H32N4O. The molecule has 0 bridgehead atoms. The predicted octanol–water partition coefficient (Wildman–Crippen LogP) is 1.98. The van der Waals surface area contributed by atoms with Crippen LogP contribution in [0.1, 0.15) is 52.4 Å². The molecular weight excluding hydrogens is 264 g/mol. The van der Waals surface area contributed by atoms with Gasteiger partial charge in [-0.3, -0.25) is 9.79 Å². The number of piperidine rings is 1. The summed E-state index contributed by atoms with van der Waals surface area (Å²) in [6, 6.07) is 0. The molecule has 5 nitrogen and oxygen atoms in total. The third-order valence-corrected chi connectivity index (χ3v) is 4.01. The van der Waals surface area contributed by atoms with Crippen LogP contribution in [0.5, 0.6) is 0 Å². The molecule has 5 heteroatoms. The number of aliphatic imine (C=N–C) groups is 1. The van der Waals surface area contributed by atoms with Crippen molar-refractivity contribution in [2.45, 2.75) is 52.4 Å². The maximum absolute atomic E-state index is 11.1. The monoisotopic (exact) mass is 296 g/mol. The Morgan fingerprint density at radius 3 is 2.81 bits per heavy atom. The topological polar surface area (TPSA) is 70.7 Å². The highest BCUT2D eigenvalue weighted by Gasteiger charge is 2.23. The molecule has 1 fully saturated rings. The van der Waals surface area contributed by atoms with Crippen LogP contribution in [-0.4, -0.2) is 43.4 Å².